The highest BCUT2D eigenvalue weighted by Gasteiger charge is 2.24. The van der Waals surface area contributed by atoms with Crippen LogP contribution in [0.2, 0.25) is 0 Å². The van der Waals surface area contributed by atoms with E-state index < -0.39 is 0 Å². The molecule has 2 heterocycles. The van der Waals surface area contributed by atoms with Crippen LogP contribution in [-0.2, 0) is 4.79 Å². The number of halogens is 1. The summed E-state index contributed by atoms with van der Waals surface area (Å²) in [7, 11) is 0. The van der Waals surface area contributed by atoms with Gasteiger partial charge in [0.25, 0.3) is 0 Å². The zero-order chi connectivity index (χ0) is 13.5. The zero-order valence-corrected chi connectivity index (χ0v) is 13.7. The number of carbonyl (C=O) groups is 1. The van der Waals surface area contributed by atoms with Gasteiger partial charge >= 0.3 is 0 Å². The molecule has 2 unspecified atom stereocenters. The van der Waals surface area contributed by atoms with Crippen LogP contribution in [0.5, 0.6) is 0 Å². The lowest BCUT2D eigenvalue weighted by molar-refractivity contribution is -0.132. The molecule has 2 rings (SSSR count). The first-order chi connectivity index (χ1) is 9.27. The Morgan fingerprint density at radius 3 is 2.40 bits per heavy atom. The molecule has 2 atom stereocenters. The van der Waals surface area contributed by atoms with Crippen molar-refractivity contribution in [3.05, 3.63) is 0 Å². The molecule has 4 heteroatoms. The zero-order valence-electron chi connectivity index (χ0n) is 12.9. The Labute approximate surface area is 130 Å². The molecule has 1 amide bonds. The van der Waals surface area contributed by atoms with Crippen LogP contribution in [0, 0.1) is 11.8 Å². The molecule has 0 aromatic rings. The Kier molecular flexibility index (Phi) is 8.55. The Bertz CT molecular complexity index is 272. The molecule has 2 aliphatic rings. The average Bonchev–Trinajstić information content (AvgIpc) is 2.39. The molecule has 0 saturated carbocycles. The maximum Gasteiger partial charge on any atom is 0.222 e. The largest absolute Gasteiger partial charge is 0.343 e. The number of hydrogen-bond acceptors (Lipinski definition) is 2. The van der Waals surface area contributed by atoms with Gasteiger partial charge in [-0.25, -0.2) is 0 Å². The lowest BCUT2D eigenvalue weighted by atomic mass is 9.85. The van der Waals surface area contributed by atoms with Crippen molar-refractivity contribution < 1.29 is 4.79 Å². The minimum absolute atomic E-state index is 0. The first-order valence-corrected chi connectivity index (χ1v) is 8.26. The van der Waals surface area contributed by atoms with Crippen LogP contribution < -0.4 is 5.32 Å². The highest BCUT2D eigenvalue weighted by molar-refractivity contribution is 5.85. The fourth-order valence-corrected chi connectivity index (χ4v) is 3.43. The van der Waals surface area contributed by atoms with E-state index in [1.165, 1.54) is 44.9 Å². The highest BCUT2D eigenvalue weighted by atomic mass is 35.5. The fourth-order valence-electron chi connectivity index (χ4n) is 3.43. The van der Waals surface area contributed by atoms with Crippen molar-refractivity contribution >= 4 is 18.3 Å². The molecular weight excluding hydrogens is 272 g/mol. The van der Waals surface area contributed by atoms with Crippen LogP contribution in [-0.4, -0.2) is 37.0 Å². The van der Waals surface area contributed by atoms with E-state index in [9.17, 15) is 4.79 Å². The standard InChI is InChI=1S/C16H30N2O.ClH/c1-14(15-8-7-9-17-13-15)12-16(19)18-10-5-3-2-4-6-11-18;/h14-15,17H,2-13H2,1H3;1H. The van der Waals surface area contributed by atoms with Crippen LogP contribution in [0.15, 0.2) is 0 Å². The van der Waals surface area contributed by atoms with Crippen molar-refractivity contribution in [1.82, 2.24) is 10.2 Å². The SMILES string of the molecule is CC(CC(=O)N1CCCCCCC1)C1CCCNC1.Cl. The second-order valence-electron chi connectivity index (χ2n) is 6.44. The fraction of sp³-hybridized carbons (Fsp3) is 0.938. The van der Waals surface area contributed by atoms with E-state index in [-0.39, 0.29) is 12.4 Å². The van der Waals surface area contributed by atoms with Crippen molar-refractivity contribution in [3.8, 4) is 0 Å². The summed E-state index contributed by atoms with van der Waals surface area (Å²) >= 11 is 0. The Balaban J connectivity index is 0.00000200. The number of likely N-dealkylation sites (tertiary alicyclic amines) is 1. The maximum absolute atomic E-state index is 12.4. The second kappa shape index (κ2) is 9.62. The molecule has 0 bridgehead atoms. The summed E-state index contributed by atoms with van der Waals surface area (Å²) in [5.41, 5.74) is 0. The quantitative estimate of drug-likeness (QED) is 0.868. The third kappa shape index (κ3) is 5.61. The van der Waals surface area contributed by atoms with Crippen molar-refractivity contribution in [1.29, 1.82) is 0 Å². The van der Waals surface area contributed by atoms with Gasteiger partial charge in [0.05, 0.1) is 0 Å². The van der Waals surface area contributed by atoms with E-state index in [4.69, 9.17) is 0 Å². The van der Waals surface area contributed by atoms with Crippen molar-refractivity contribution in [2.45, 2.75) is 58.3 Å². The van der Waals surface area contributed by atoms with Gasteiger partial charge < -0.3 is 10.2 Å². The smallest absolute Gasteiger partial charge is 0.222 e. The van der Waals surface area contributed by atoms with E-state index in [0.29, 0.717) is 17.7 Å². The van der Waals surface area contributed by atoms with Gasteiger partial charge in [-0.15, -0.1) is 12.4 Å². The molecule has 2 aliphatic heterocycles. The van der Waals surface area contributed by atoms with E-state index >= 15 is 0 Å². The third-order valence-corrected chi connectivity index (χ3v) is 4.85. The van der Waals surface area contributed by atoms with E-state index in [0.717, 1.165) is 32.6 Å². The van der Waals surface area contributed by atoms with Gasteiger partial charge in [0.15, 0.2) is 0 Å². The molecule has 2 fully saturated rings. The summed E-state index contributed by atoms with van der Waals surface area (Å²) in [5.74, 6) is 1.64. The van der Waals surface area contributed by atoms with Gasteiger partial charge in [-0.3, -0.25) is 4.79 Å². The number of carbonyl (C=O) groups excluding carboxylic acids is 1. The van der Waals surface area contributed by atoms with Crippen LogP contribution >= 0.6 is 12.4 Å². The van der Waals surface area contributed by atoms with Crippen LogP contribution in [0.3, 0.4) is 0 Å². The third-order valence-electron chi connectivity index (χ3n) is 4.85. The van der Waals surface area contributed by atoms with Gasteiger partial charge in [0.1, 0.15) is 0 Å². The Morgan fingerprint density at radius 2 is 1.80 bits per heavy atom. The summed E-state index contributed by atoms with van der Waals surface area (Å²) in [4.78, 5) is 14.6. The molecule has 0 aromatic carbocycles. The van der Waals surface area contributed by atoms with Gasteiger partial charge in [-0.05, 0) is 50.6 Å². The van der Waals surface area contributed by atoms with Gasteiger partial charge in [0, 0.05) is 19.5 Å². The van der Waals surface area contributed by atoms with Gasteiger partial charge in [-0.1, -0.05) is 26.2 Å². The normalized spacial score (nSPS) is 26.1. The summed E-state index contributed by atoms with van der Waals surface area (Å²) < 4.78 is 0. The van der Waals surface area contributed by atoms with Gasteiger partial charge in [-0.2, -0.15) is 0 Å². The van der Waals surface area contributed by atoms with E-state index in [1.807, 2.05) is 0 Å². The number of nitrogens with zero attached hydrogens (tertiary/aromatic N) is 1. The number of piperidine rings is 1. The molecule has 0 radical (unpaired) electrons. The van der Waals surface area contributed by atoms with Crippen molar-refractivity contribution in [3.63, 3.8) is 0 Å². The number of hydrogen-bond donors (Lipinski definition) is 1. The second-order valence-corrected chi connectivity index (χ2v) is 6.44. The Morgan fingerprint density at radius 1 is 1.15 bits per heavy atom. The van der Waals surface area contributed by atoms with E-state index in [2.05, 4.69) is 17.1 Å². The molecule has 0 aromatic heterocycles. The molecule has 0 aliphatic carbocycles. The minimum Gasteiger partial charge on any atom is -0.343 e. The Hall–Kier alpha value is -0.280. The topological polar surface area (TPSA) is 32.3 Å². The molecule has 0 spiro atoms. The van der Waals surface area contributed by atoms with Crippen molar-refractivity contribution in [2.24, 2.45) is 11.8 Å². The molecule has 3 nitrogen and oxygen atoms in total. The molecule has 20 heavy (non-hydrogen) atoms. The molecule has 1 N–H and O–H groups in total. The predicted molar refractivity (Wildman–Crippen MR) is 86.3 cm³/mol. The lowest BCUT2D eigenvalue weighted by Gasteiger charge is -2.31. The average molecular weight is 303 g/mol. The van der Waals surface area contributed by atoms with Crippen LogP contribution in [0.4, 0.5) is 0 Å². The number of amides is 1. The summed E-state index contributed by atoms with van der Waals surface area (Å²) in [6.45, 7) is 6.51. The molecular formula is C16H31ClN2O. The first kappa shape index (κ1) is 17.8. The summed E-state index contributed by atoms with van der Waals surface area (Å²) in [6.07, 6.45) is 9.67. The number of nitrogens with one attached hydrogen (secondary N) is 1. The van der Waals surface area contributed by atoms with Crippen LogP contribution in [0.25, 0.3) is 0 Å². The molecule has 2 saturated heterocycles. The number of rotatable bonds is 3. The maximum atomic E-state index is 12.4. The highest BCUT2D eigenvalue weighted by Crippen LogP contribution is 2.23. The first-order valence-electron chi connectivity index (χ1n) is 8.26. The predicted octanol–water partition coefficient (Wildman–Crippen LogP) is 3.23. The molecule has 118 valence electrons. The summed E-state index contributed by atoms with van der Waals surface area (Å²) in [6, 6.07) is 0. The monoisotopic (exact) mass is 302 g/mol. The lowest BCUT2D eigenvalue weighted by Crippen LogP contribution is -2.38. The van der Waals surface area contributed by atoms with Gasteiger partial charge in [0.2, 0.25) is 5.91 Å². The van der Waals surface area contributed by atoms with Crippen molar-refractivity contribution in [2.75, 3.05) is 26.2 Å². The summed E-state index contributed by atoms with van der Waals surface area (Å²) in [5, 5.41) is 3.46. The van der Waals surface area contributed by atoms with Crippen LogP contribution in [0.1, 0.15) is 58.3 Å². The minimum atomic E-state index is 0. The van der Waals surface area contributed by atoms with E-state index in [1.54, 1.807) is 0 Å².